The first-order valence-corrected chi connectivity index (χ1v) is 8.29. The lowest BCUT2D eigenvalue weighted by molar-refractivity contribution is 0.251. The van der Waals surface area contributed by atoms with Crippen LogP contribution in [0, 0.1) is 18.8 Å². The van der Waals surface area contributed by atoms with Crippen LogP contribution in [-0.4, -0.2) is 15.8 Å². The molecule has 1 aliphatic carbocycles. The summed E-state index contributed by atoms with van der Waals surface area (Å²) in [4.78, 5) is 0. The van der Waals surface area contributed by atoms with Crippen molar-refractivity contribution in [3.63, 3.8) is 0 Å². The van der Waals surface area contributed by atoms with Crippen molar-refractivity contribution < 1.29 is 0 Å². The number of halogens is 1. The zero-order valence-electron chi connectivity index (χ0n) is 12.3. The summed E-state index contributed by atoms with van der Waals surface area (Å²) in [6, 6.07) is 0.269. The Labute approximate surface area is 125 Å². The third kappa shape index (κ3) is 3.40. The molecular weight excluding hydrogens is 302 g/mol. The Morgan fingerprint density at radius 2 is 2.00 bits per heavy atom. The van der Waals surface area contributed by atoms with Crippen molar-refractivity contribution >= 4 is 15.9 Å². The molecule has 1 saturated carbocycles. The van der Waals surface area contributed by atoms with Gasteiger partial charge in [0.2, 0.25) is 0 Å². The second-order valence-corrected chi connectivity index (χ2v) is 6.84. The van der Waals surface area contributed by atoms with Crippen LogP contribution in [0.25, 0.3) is 0 Å². The van der Waals surface area contributed by atoms with Gasteiger partial charge in [0.05, 0.1) is 15.9 Å². The van der Waals surface area contributed by atoms with Gasteiger partial charge in [0.15, 0.2) is 0 Å². The maximum Gasteiger partial charge on any atom is 0.0738 e. The zero-order valence-corrected chi connectivity index (χ0v) is 13.9. The summed E-state index contributed by atoms with van der Waals surface area (Å²) in [5, 5.41) is 4.55. The van der Waals surface area contributed by atoms with E-state index in [0.717, 1.165) is 29.1 Å². The van der Waals surface area contributed by atoms with Gasteiger partial charge in [-0.15, -0.1) is 0 Å². The van der Waals surface area contributed by atoms with Gasteiger partial charge in [-0.05, 0) is 54.5 Å². The maximum absolute atomic E-state index is 6.47. The molecule has 0 aromatic carbocycles. The third-order valence-corrected chi connectivity index (χ3v) is 5.58. The van der Waals surface area contributed by atoms with Crippen molar-refractivity contribution in [2.24, 2.45) is 17.6 Å². The fraction of sp³-hybridized carbons (Fsp3) is 0.800. The van der Waals surface area contributed by atoms with E-state index in [9.17, 15) is 0 Å². The first kappa shape index (κ1) is 15.0. The minimum absolute atomic E-state index is 0.269. The molecule has 0 saturated heterocycles. The highest BCUT2D eigenvalue weighted by molar-refractivity contribution is 9.10. The van der Waals surface area contributed by atoms with Gasteiger partial charge < -0.3 is 5.73 Å². The Hall–Kier alpha value is -0.350. The molecule has 4 heteroatoms. The van der Waals surface area contributed by atoms with Crippen molar-refractivity contribution in [1.29, 1.82) is 0 Å². The maximum atomic E-state index is 6.47. The van der Waals surface area contributed by atoms with Crippen LogP contribution >= 0.6 is 15.9 Å². The highest BCUT2D eigenvalue weighted by atomic mass is 79.9. The lowest BCUT2D eigenvalue weighted by Crippen LogP contribution is -2.35. The molecular formula is C15H26BrN3. The van der Waals surface area contributed by atoms with E-state index in [2.05, 4.69) is 39.6 Å². The number of aromatic nitrogens is 2. The summed E-state index contributed by atoms with van der Waals surface area (Å²) in [7, 11) is 0. The van der Waals surface area contributed by atoms with Crippen molar-refractivity contribution in [3.05, 3.63) is 15.9 Å². The molecule has 2 N–H and O–H groups in total. The summed E-state index contributed by atoms with van der Waals surface area (Å²) in [6.07, 6.45) is 6.20. The predicted octanol–water partition coefficient (Wildman–Crippen LogP) is 3.67. The number of rotatable bonds is 4. The number of hydrogen-bond acceptors (Lipinski definition) is 2. The smallest absolute Gasteiger partial charge is 0.0738 e. The summed E-state index contributed by atoms with van der Waals surface area (Å²) < 4.78 is 3.24. The molecule has 1 aromatic heterocycles. The second-order valence-electron chi connectivity index (χ2n) is 6.05. The molecule has 0 radical (unpaired) electrons. The molecule has 0 amide bonds. The van der Waals surface area contributed by atoms with E-state index in [1.165, 1.54) is 31.4 Å². The summed E-state index contributed by atoms with van der Waals surface area (Å²) in [5.74, 6) is 1.57. The summed E-state index contributed by atoms with van der Waals surface area (Å²) in [6.45, 7) is 7.45. The largest absolute Gasteiger partial charge is 0.327 e. The van der Waals surface area contributed by atoms with Crippen LogP contribution in [0.5, 0.6) is 0 Å². The van der Waals surface area contributed by atoms with Gasteiger partial charge in [-0.25, -0.2) is 0 Å². The molecule has 0 spiro atoms. The molecule has 1 fully saturated rings. The van der Waals surface area contributed by atoms with Gasteiger partial charge in [-0.1, -0.05) is 19.8 Å². The van der Waals surface area contributed by atoms with E-state index in [1.54, 1.807) is 0 Å². The van der Waals surface area contributed by atoms with Crippen LogP contribution in [0.4, 0.5) is 0 Å². The number of hydrogen-bond donors (Lipinski definition) is 1. The molecule has 19 heavy (non-hydrogen) atoms. The van der Waals surface area contributed by atoms with E-state index >= 15 is 0 Å². The van der Waals surface area contributed by atoms with E-state index in [-0.39, 0.29) is 6.04 Å². The molecule has 3 nitrogen and oxygen atoms in total. The van der Waals surface area contributed by atoms with E-state index in [1.807, 2.05) is 6.92 Å². The van der Waals surface area contributed by atoms with E-state index in [4.69, 9.17) is 5.73 Å². The minimum Gasteiger partial charge on any atom is -0.327 e. The Balaban J connectivity index is 2.04. The lowest BCUT2D eigenvalue weighted by Gasteiger charge is -2.30. The number of aryl methyl sites for hydroxylation is 2. The molecule has 1 heterocycles. The molecule has 0 aliphatic heterocycles. The number of nitrogens with two attached hydrogens (primary N) is 1. The van der Waals surface area contributed by atoms with E-state index < -0.39 is 0 Å². The summed E-state index contributed by atoms with van der Waals surface area (Å²) >= 11 is 3.67. The monoisotopic (exact) mass is 327 g/mol. The van der Waals surface area contributed by atoms with Gasteiger partial charge in [0, 0.05) is 19.0 Å². The molecule has 0 bridgehead atoms. The van der Waals surface area contributed by atoms with Crippen LogP contribution in [0.15, 0.2) is 4.47 Å². The van der Waals surface area contributed by atoms with Crippen LogP contribution in [0.3, 0.4) is 0 Å². The zero-order chi connectivity index (χ0) is 14.0. The molecule has 1 atom stereocenters. The highest BCUT2D eigenvalue weighted by Crippen LogP contribution is 2.32. The Bertz CT molecular complexity index is 419. The summed E-state index contributed by atoms with van der Waals surface area (Å²) in [5.41, 5.74) is 8.81. The third-order valence-electron chi connectivity index (χ3n) is 4.55. The van der Waals surface area contributed by atoms with Gasteiger partial charge >= 0.3 is 0 Å². The first-order valence-electron chi connectivity index (χ1n) is 7.50. The Morgan fingerprint density at radius 1 is 1.37 bits per heavy atom. The minimum atomic E-state index is 0.269. The molecule has 108 valence electrons. The Kier molecular flexibility index (Phi) is 5.07. The molecule has 2 rings (SSSR count). The SMILES string of the molecule is CCn1nc(C)c(Br)c1CC(N)C1CCC(C)CC1. The quantitative estimate of drug-likeness (QED) is 0.916. The standard InChI is InChI=1S/C15H26BrN3/c1-4-19-14(15(16)11(3)18-19)9-13(17)12-7-5-10(2)6-8-12/h10,12-13H,4-9,17H2,1-3H3. The van der Waals surface area contributed by atoms with Crippen LogP contribution in [-0.2, 0) is 13.0 Å². The highest BCUT2D eigenvalue weighted by Gasteiger charge is 2.25. The fourth-order valence-electron chi connectivity index (χ4n) is 3.17. The average Bonchev–Trinajstić information content (AvgIpc) is 2.67. The Morgan fingerprint density at radius 3 is 2.58 bits per heavy atom. The molecule has 1 unspecified atom stereocenters. The topological polar surface area (TPSA) is 43.8 Å². The van der Waals surface area contributed by atoms with E-state index in [0.29, 0.717) is 5.92 Å². The van der Waals surface area contributed by atoms with Crippen molar-refractivity contribution in [2.45, 2.75) is 65.5 Å². The average molecular weight is 328 g/mol. The van der Waals surface area contributed by atoms with Crippen LogP contribution in [0.1, 0.15) is 50.9 Å². The van der Waals surface area contributed by atoms with Crippen LogP contribution in [0.2, 0.25) is 0 Å². The van der Waals surface area contributed by atoms with Crippen molar-refractivity contribution in [3.8, 4) is 0 Å². The molecule has 1 aromatic rings. The molecule has 1 aliphatic rings. The normalized spacial score (nSPS) is 25.5. The lowest BCUT2D eigenvalue weighted by atomic mass is 9.78. The van der Waals surface area contributed by atoms with Gasteiger partial charge in [-0.3, -0.25) is 4.68 Å². The van der Waals surface area contributed by atoms with Crippen molar-refractivity contribution in [1.82, 2.24) is 9.78 Å². The van der Waals surface area contributed by atoms with Gasteiger partial charge in [0.1, 0.15) is 0 Å². The van der Waals surface area contributed by atoms with Gasteiger partial charge in [0.25, 0.3) is 0 Å². The second kappa shape index (κ2) is 6.40. The number of nitrogens with zero attached hydrogens (tertiary/aromatic N) is 2. The first-order chi connectivity index (χ1) is 9.02. The predicted molar refractivity (Wildman–Crippen MR) is 83.1 cm³/mol. The van der Waals surface area contributed by atoms with Gasteiger partial charge in [-0.2, -0.15) is 5.10 Å². The van der Waals surface area contributed by atoms with Crippen molar-refractivity contribution in [2.75, 3.05) is 0 Å². The van der Waals surface area contributed by atoms with Crippen LogP contribution < -0.4 is 5.73 Å². The fourth-order valence-corrected chi connectivity index (χ4v) is 3.61.